The van der Waals surface area contributed by atoms with Crippen LogP contribution < -0.4 is 0 Å². The molecule has 356 valence electrons. The number of hydrogen-bond donors (Lipinski definition) is 0. The lowest BCUT2D eigenvalue weighted by atomic mass is 9.99. The van der Waals surface area contributed by atoms with E-state index in [1.54, 1.807) is 0 Å². The maximum Gasteiger partial charge on any atom is 0.306 e. The van der Waals surface area contributed by atoms with Crippen LogP contribution in [0, 0.1) is 17.8 Å². The number of rotatable bonds is 47. The Kier molecular flexibility index (Phi) is 44.2. The highest BCUT2D eigenvalue weighted by Gasteiger charge is 2.19. The number of carbonyl (C=O) groups is 3. The van der Waals surface area contributed by atoms with Crippen molar-refractivity contribution < 1.29 is 28.6 Å². The van der Waals surface area contributed by atoms with E-state index in [0.29, 0.717) is 19.3 Å². The maximum atomic E-state index is 12.8. The van der Waals surface area contributed by atoms with Crippen molar-refractivity contribution in [2.24, 2.45) is 17.8 Å². The third-order valence-corrected chi connectivity index (χ3v) is 12.9. The van der Waals surface area contributed by atoms with Crippen molar-refractivity contribution in [2.45, 2.75) is 298 Å². The normalized spacial score (nSPS) is 13.1. The molecule has 0 aromatic rings. The van der Waals surface area contributed by atoms with Gasteiger partial charge in [-0.05, 0) is 37.0 Å². The van der Waals surface area contributed by atoms with Crippen LogP contribution in [0.3, 0.4) is 0 Å². The van der Waals surface area contributed by atoms with Gasteiger partial charge in [0.1, 0.15) is 13.2 Å². The Morgan fingerprint density at radius 2 is 0.583 bits per heavy atom. The van der Waals surface area contributed by atoms with Crippen molar-refractivity contribution >= 4 is 17.9 Å². The largest absolute Gasteiger partial charge is 0.462 e. The van der Waals surface area contributed by atoms with Gasteiger partial charge in [0, 0.05) is 19.3 Å². The third-order valence-electron chi connectivity index (χ3n) is 12.9. The highest BCUT2D eigenvalue weighted by atomic mass is 16.6. The minimum atomic E-state index is -0.763. The second kappa shape index (κ2) is 45.4. The predicted molar refractivity (Wildman–Crippen MR) is 256 cm³/mol. The molecule has 60 heavy (non-hydrogen) atoms. The van der Waals surface area contributed by atoms with Crippen LogP contribution in [0.1, 0.15) is 292 Å². The summed E-state index contributed by atoms with van der Waals surface area (Å²) in [7, 11) is 0. The molecule has 2 unspecified atom stereocenters. The zero-order chi connectivity index (χ0) is 44.2. The van der Waals surface area contributed by atoms with E-state index in [2.05, 4.69) is 41.5 Å². The molecule has 6 heteroatoms. The first kappa shape index (κ1) is 58.4. The topological polar surface area (TPSA) is 78.9 Å². The van der Waals surface area contributed by atoms with Crippen molar-refractivity contribution in [3.05, 3.63) is 0 Å². The molecule has 0 bridgehead atoms. The number of esters is 3. The molecule has 0 heterocycles. The monoisotopic (exact) mass is 849 g/mol. The quantitative estimate of drug-likeness (QED) is 0.0345. The van der Waals surface area contributed by atoms with Gasteiger partial charge in [0.2, 0.25) is 0 Å². The van der Waals surface area contributed by atoms with Gasteiger partial charge in [-0.15, -0.1) is 0 Å². The fourth-order valence-corrected chi connectivity index (χ4v) is 8.05. The first-order valence-electron chi connectivity index (χ1n) is 26.7. The SMILES string of the molecule is CCC(C)CCCCCCCCCCCCCCCCC(=O)O[C@@H](COC(=O)CCCCCCCCCCCC(C)C)COC(=O)CCCCCCCCCCC(C)CC. The Morgan fingerprint density at radius 3 is 0.867 bits per heavy atom. The van der Waals surface area contributed by atoms with E-state index in [9.17, 15) is 14.4 Å². The summed E-state index contributed by atoms with van der Waals surface area (Å²) in [6, 6.07) is 0. The van der Waals surface area contributed by atoms with E-state index in [-0.39, 0.29) is 31.1 Å². The van der Waals surface area contributed by atoms with Crippen LogP contribution >= 0.6 is 0 Å². The zero-order valence-corrected chi connectivity index (χ0v) is 41.3. The van der Waals surface area contributed by atoms with E-state index in [1.165, 1.54) is 173 Å². The van der Waals surface area contributed by atoms with Crippen LogP contribution in [-0.2, 0) is 28.6 Å². The zero-order valence-electron chi connectivity index (χ0n) is 41.3. The summed E-state index contributed by atoms with van der Waals surface area (Å²) in [6.45, 7) is 13.8. The van der Waals surface area contributed by atoms with Crippen molar-refractivity contribution in [1.29, 1.82) is 0 Å². The summed E-state index contributed by atoms with van der Waals surface area (Å²) < 4.78 is 16.8. The van der Waals surface area contributed by atoms with Crippen molar-refractivity contribution in [2.75, 3.05) is 13.2 Å². The minimum absolute atomic E-state index is 0.0651. The first-order valence-corrected chi connectivity index (χ1v) is 26.7. The van der Waals surface area contributed by atoms with Gasteiger partial charge in [-0.3, -0.25) is 14.4 Å². The summed E-state index contributed by atoms with van der Waals surface area (Å²) in [6.07, 6.45) is 45.1. The first-order chi connectivity index (χ1) is 29.2. The lowest BCUT2D eigenvalue weighted by Crippen LogP contribution is -2.30. The molecule has 6 nitrogen and oxygen atoms in total. The standard InChI is InChI=1S/C54H104O6/c1-7-49(5)41-35-29-23-17-13-11-9-10-12-14-18-27-33-39-45-54(57)60-51(46-58-52(55)43-37-31-25-19-15-16-22-28-34-40-48(3)4)47-59-53(56)44-38-32-26-21-20-24-30-36-42-50(6)8-2/h48-51H,7-47H2,1-6H3/t49?,50?,51-/m0/s1. The van der Waals surface area contributed by atoms with Gasteiger partial charge in [0.15, 0.2) is 6.10 Å². The lowest BCUT2D eigenvalue weighted by Gasteiger charge is -2.18. The molecule has 3 atom stereocenters. The number of unbranched alkanes of at least 4 members (excludes halogenated alkanes) is 28. The van der Waals surface area contributed by atoms with Gasteiger partial charge in [0.05, 0.1) is 0 Å². The minimum Gasteiger partial charge on any atom is -0.462 e. The number of hydrogen-bond acceptors (Lipinski definition) is 6. The Hall–Kier alpha value is -1.59. The summed E-state index contributed by atoms with van der Waals surface area (Å²) >= 11 is 0. The average Bonchev–Trinajstić information content (AvgIpc) is 3.23. The van der Waals surface area contributed by atoms with Gasteiger partial charge in [0.25, 0.3) is 0 Å². The third kappa shape index (κ3) is 44.5. The van der Waals surface area contributed by atoms with Crippen LogP contribution in [0.4, 0.5) is 0 Å². The Labute approximate surface area is 374 Å². The summed E-state index contributed by atoms with van der Waals surface area (Å²) in [5.41, 5.74) is 0. The van der Waals surface area contributed by atoms with Crippen LogP contribution in [0.5, 0.6) is 0 Å². The highest BCUT2D eigenvalue weighted by Crippen LogP contribution is 2.18. The van der Waals surface area contributed by atoms with E-state index in [0.717, 1.165) is 75.5 Å². The van der Waals surface area contributed by atoms with Gasteiger partial charge in [-0.2, -0.15) is 0 Å². The number of carbonyl (C=O) groups excluding carboxylic acids is 3. The molecule has 0 aliphatic carbocycles. The van der Waals surface area contributed by atoms with Gasteiger partial charge in [-0.1, -0.05) is 253 Å². The molecular weight excluding hydrogens is 745 g/mol. The maximum absolute atomic E-state index is 12.8. The van der Waals surface area contributed by atoms with Crippen LogP contribution in [0.15, 0.2) is 0 Å². The van der Waals surface area contributed by atoms with E-state index < -0.39 is 6.10 Å². The van der Waals surface area contributed by atoms with E-state index >= 15 is 0 Å². The molecule has 0 saturated carbocycles. The molecule has 0 fully saturated rings. The molecule has 0 radical (unpaired) electrons. The fraction of sp³-hybridized carbons (Fsp3) is 0.944. The summed E-state index contributed by atoms with van der Waals surface area (Å²) in [5, 5.41) is 0. The van der Waals surface area contributed by atoms with Crippen molar-refractivity contribution in [1.82, 2.24) is 0 Å². The van der Waals surface area contributed by atoms with E-state index in [4.69, 9.17) is 14.2 Å². The molecule has 0 aromatic heterocycles. The lowest BCUT2D eigenvalue weighted by molar-refractivity contribution is -0.167. The van der Waals surface area contributed by atoms with Crippen molar-refractivity contribution in [3.63, 3.8) is 0 Å². The number of ether oxygens (including phenoxy) is 3. The molecule has 0 aromatic carbocycles. The summed E-state index contributed by atoms with van der Waals surface area (Å²) in [4.78, 5) is 38.0. The Balaban J connectivity index is 4.31. The fourth-order valence-electron chi connectivity index (χ4n) is 8.05. The second-order valence-corrected chi connectivity index (χ2v) is 19.5. The molecule has 0 aliphatic heterocycles. The van der Waals surface area contributed by atoms with Crippen LogP contribution in [0.2, 0.25) is 0 Å². The smallest absolute Gasteiger partial charge is 0.306 e. The van der Waals surface area contributed by atoms with Gasteiger partial charge in [-0.25, -0.2) is 0 Å². The predicted octanol–water partition coefficient (Wildman–Crippen LogP) is 17.2. The second-order valence-electron chi connectivity index (χ2n) is 19.5. The van der Waals surface area contributed by atoms with Crippen molar-refractivity contribution in [3.8, 4) is 0 Å². The molecule has 0 aliphatic rings. The molecule has 0 spiro atoms. The Bertz CT molecular complexity index is 933. The van der Waals surface area contributed by atoms with Crippen LogP contribution in [0.25, 0.3) is 0 Å². The molecular formula is C54H104O6. The van der Waals surface area contributed by atoms with Gasteiger partial charge >= 0.3 is 17.9 Å². The molecule has 0 saturated heterocycles. The molecule has 0 rings (SSSR count). The van der Waals surface area contributed by atoms with E-state index in [1.807, 2.05) is 0 Å². The Morgan fingerprint density at radius 1 is 0.333 bits per heavy atom. The summed E-state index contributed by atoms with van der Waals surface area (Å²) in [5.74, 6) is 1.70. The molecule has 0 N–H and O–H groups in total. The molecule has 0 amide bonds. The van der Waals surface area contributed by atoms with Gasteiger partial charge < -0.3 is 14.2 Å². The average molecular weight is 849 g/mol. The highest BCUT2D eigenvalue weighted by molar-refractivity contribution is 5.71. The van der Waals surface area contributed by atoms with Crippen LogP contribution in [-0.4, -0.2) is 37.2 Å².